The van der Waals surface area contributed by atoms with Crippen LogP contribution >= 0.6 is 0 Å². The van der Waals surface area contributed by atoms with Crippen LogP contribution in [0.5, 0.6) is 0 Å². The quantitative estimate of drug-likeness (QED) is 0.144. The van der Waals surface area contributed by atoms with E-state index >= 15 is 0 Å². The van der Waals surface area contributed by atoms with E-state index < -0.39 is 16.8 Å². The molecule has 0 fully saturated rings. The van der Waals surface area contributed by atoms with Gasteiger partial charge in [-0.05, 0) is 30.3 Å². The molecule has 0 bridgehead atoms. The number of pyridine rings is 1. The number of nitrogens with one attached hydrogen (secondary N) is 1. The molecule has 0 radical (unpaired) electrons. The molecule has 0 aliphatic heterocycles. The first kappa shape index (κ1) is 24.3. The zero-order chi connectivity index (χ0) is 26.6. The molecular weight excluding hydrogens is 492 g/mol. The summed E-state index contributed by atoms with van der Waals surface area (Å²) < 4.78 is 8.35. The molecule has 0 spiro atoms. The average Bonchev–Trinajstić information content (AvgIpc) is 3.37. The summed E-state index contributed by atoms with van der Waals surface area (Å²) in [6, 6.07) is 19.9. The summed E-state index contributed by atoms with van der Waals surface area (Å²) in [5.74, 6) is -1.09. The van der Waals surface area contributed by atoms with E-state index in [9.17, 15) is 24.5 Å². The molecule has 190 valence electrons. The Morgan fingerprint density at radius 2 is 1.55 bits per heavy atom. The highest BCUT2D eigenvalue weighted by Gasteiger charge is 2.17. The van der Waals surface area contributed by atoms with Gasteiger partial charge in [0.25, 0.3) is 5.69 Å². The number of rotatable bonds is 8. The molecule has 1 amide bonds. The predicted molar refractivity (Wildman–Crippen MR) is 137 cm³/mol. The van der Waals surface area contributed by atoms with Crippen LogP contribution in [0.25, 0.3) is 21.8 Å². The van der Waals surface area contributed by atoms with Crippen molar-refractivity contribution < 1.29 is 19.2 Å². The van der Waals surface area contributed by atoms with Gasteiger partial charge in [-0.15, -0.1) is 5.10 Å². The Labute approximate surface area is 214 Å². The van der Waals surface area contributed by atoms with Crippen molar-refractivity contribution in [1.29, 1.82) is 0 Å². The van der Waals surface area contributed by atoms with Gasteiger partial charge in [-0.2, -0.15) is 0 Å². The SMILES string of the molecule is O=C(Cn1cc(COC(=O)Cn2c3ccccc3c(=O)c3ccccc32)nn1)Nc1ccccc1[N+](=O)[O-]. The molecule has 38 heavy (non-hydrogen) atoms. The van der Waals surface area contributed by atoms with E-state index in [1.54, 1.807) is 59.2 Å². The van der Waals surface area contributed by atoms with Gasteiger partial charge in [0.2, 0.25) is 5.91 Å². The summed E-state index contributed by atoms with van der Waals surface area (Å²) in [7, 11) is 0. The number of esters is 1. The van der Waals surface area contributed by atoms with Crippen LogP contribution in [0.15, 0.2) is 83.8 Å². The smallest absolute Gasteiger partial charge is 0.326 e. The molecule has 5 aromatic rings. The zero-order valence-electron chi connectivity index (χ0n) is 19.8. The third kappa shape index (κ3) is 4.95. The minimum Gasteiger partial charge on any atom is -0.458 e. The maximum Gasteiger partial charge on any atom is 0.326 e. The van der Waals surface area contributed by atoms with E-state index in [1.165, 1.54) is 29.1 Å². The summed E-state index contributed by atoms with van der Waals surface area (Å²) in [6.07, 6.45) is 1.44. The maximum atomic E-state index is 12.9. The molecule has 0 saturated carbocycles. The van der Waals surface area contributed by atoms with Crippen molar-refractivity contribution in [3.8, 4) is 0 Å². The van der Waals surface area contributed by atoms with Crippen LogP contribution in [-0.4, -0.2) is 36.4 Å². The van der Waals surface area contributed by atoms with Crippen molar-refractivity contribution in [3.63, 3.8) is 0 Å². The molecule has 0 aliphatic rings. The fraction of sp³-hybridized carbons (Fsp3) is 0.115. The first-order valence-electron chi connectivity index (χ1n) is 11.5. The lowest BCUT2D eigenvalue weighted by atomic mass is 10.1. The van der Waals surface area contributed by atoms with Gasteiger partial charge in [0.15, 0.2) is 5.43 Å². The number of aromatic nitrogens is 4. The second kappa shape index (κ2) is 10.3. The van der Waals surface area contributed by atoms with Gasteiger partial charge in [-0.1, -0.05) is 41.6 Å². The Kier molecular flexibility index (Phi) is 6.59. The van der Waals surface area contributed by atoms with Crippen molar-refractivity contribution in [2.75, 3.05) is 5.32 Å². The summed E-state index contributed by atoms with van der Waals surface area (Å²) in [6.45, 7) is -0.559. The number of carbonyl (C=O) groups is 2. The van der Waals surface area contributed by atoms with E-state index in [2.05, 4.69) is 15.6 Å². The number of anilines is 1. The number of carbonyl (C=O) groups excluding carboxylic acids is 2. The zero-order valence-corrected chi connectivity index (χ0v) is 19.8. The highest BCUT2D eigenvalue weighted by Crippen LogP contribution is 2.23. The molecule has 0 unspecified atom stereocenters. The van der Waals surface area contributed by atoms with Crippen molar-refractivity contribution in [1.82, 2.24) is 19.6 Å². The molecule has 3 aromatic carbocycles. The first-order chi connectivity index (χ1) is 18.4. The lowest BCUT2D eigenvalue weighted by Crippen LogP contribution is -2.19. The Balaban J connectivity index is 1.24. The normalized spacial score (nSPS) is 10.9. The molecule has 2 heterocycles. The van der Waals surface area contributed by atoms with Crippen molar-refractivity contribution in [2.45, 2.75) is 19.7 Å². The molecule has 2 aromatic heterocycles. The van der Waals surface area contributed by atoms with Crippen molar-refractivity contribution in [2.24, 2.45) is 0 Å². The van der Waals surface area contributed by atoms with Gasteiger partial charge in [0.05, 0.1) is 22.2 Å². The summed E-state index contributed by atoms with van der Waals surface area (Å²) >= 11 is 0. The predicted octanol–water partition coefficient (Wildman–Crippen LogP) is 3.04. The van der Waals surface area contributed by atoms with Gasteiger partial charge in [0, 0.05) is 16.8 Å². The first-order valence-corrected chi connectivity index (χ1v) is 11.5. The number of amides is 1. The van der Waals surface area contributed by atoms with Crippen molar-refractivity contribution in [3.05, 3.63) is 105 Å². The number of hydrogen-bond acceptors (Lipinski definition) is 8. The van der Waals surface area contributed by atoms with E-state index in [0.717, 1.165) is 0 Å². The molecule has 12 heteroatoms. The standard InChI is InChI=1S/C26H20N6O6/c33-24(27-20-9-3-6-12-23(20)32(36)37)14-30-13-17(28-29-30)16-38-25(34)15-31-21-10-4-1-7-18(21)26(35)19-8-2-5-11-22(19)31/h1-13H,14-16H2,(H,27,33). The van der Waals surface area contributed by atoms with Crippen LogP contribution in [0.1, 0.15) is 5.69 Å². The minimum atomic E-state index is -0.587. The number of nitrogens with zero attached hydrogens (tertiary/aromatic N) is 5. The molecule has 0 saturated heterocycles. The molecule has 0 atom stereocenters. The summed E-state index contributed by atoms with van der Waals surface area (Å²) in [5, 5.41) is 22.4. The Morgan fingerprint density at radius 3 is 2.24 bits per heavy atom. The van der Waals surface area contributed by atoms with Gasteiger partial charge in [-0.25, -0.2) is 4.68 Å². The largest absolute Gasteiger partial charge is 0.458 e. The van der Waals surface area contributed by atoms with Gasteiger partial charge in [0.1, 0.15) is 31.1 Å². The lowest BCUT2D eigenvalue weighted by Gasteiger charge is -2.14. The third-order valence-electron chi connectivity index (χ3n) is 5.81. The number of benzene rings is 3. The van der Waals surface area contributed by atoms with E-state index in [-0.39, 0.29) is 36.5 Å². The fourth-order valence-corrected chi connectivity index (χ4v) is 4.13. The van der Waals surface area contributed by atoms with Crippen LogP contribution in [0.4, 0.5) is 11.4 Å². The van der Waals surface area contributed by atoms with Gasteiger partial charge < -0.3 is 14.6 Å². The number of nitro groups is 1. The van der Waals surface area contributed by atoms with Gasteiger partial charge >= 0.3 is 5.97 Å². The Bertz CT molecular complexity index is 1700. The molecule has 12 nitrogen and oxygen atoms in total. The van der Waals surface area contributed by atoms with E-state index in [1.807, 2.05) is 0 Å². The average molecular weight is 512 g/mol. The second-order valence-electron chi connectivity index (χ2n) is 8.34. The summed E-state index contributed by atoms with van der Waals surface area (Å²) in [5.41, 5.74) is 1.28. The van der Waals surface area contributed by atoms with Gasteiger partial charge in [-0.3, -0.25) is 24.5 Å². The van der Waals surface area contributed by atoms with Crippen LogP contribution in [-0.2, 0) is 34.0 Å². The number of ether oxygens (including phenoxy) is 1. The number of nitro benzene ring substituents is 1. The Hall–Kier alpha value is -5.39. The van der Waals surface area contributed by atoms with Crippen LogP contribution in [0.2, 0.25) is 0 Å². The second-order valence-corrected chi connectivity index (χ2v) is 8.34. The van der Waals surface area contributed by atoms with Crippen molar-refractivity contribution >= 4 is 45.1 Å². The molecule has 1 N–H and O–H groups in total. The molecular formula is C26H20N6O6. The number of para-hydroxylation sites is 4. The Morgan fingerprint density at radius 1 is 0.921 bits per heavy atom. The van der Waals surface area contributed by atoms with E-state index in [4.69, 9.17) is 4.74 Å². The monoisotopic (exact) mass is 512 g/mol. The topological polar surface area (TPSA) is 151 Å². The number of fused-ring (bicyclic) bond motifs is 2. The third-order valence-corrected chi connectivity index (χ3v) is 5.81. The van der Waals surface area contributed by atoms with Crippen LogP contribution in [0.3, 0.4) is 0 Å². The maximum absolute atomic E-state index is 12.9. The fourth-order valence-electron chi connectivity index (χ4n) is 4.13. The number of hydrogen-bond donors (Lipinski definition) is 1. The van der Waals surface area contributed by atoms with E-state index in [0.29, 0.717) is 27.5 Å². The molecule has 0 aliphatic carbocycles. The minimum absolute atomic E-state index is 0.0688. The summed E-state index contributed by atoms with van der Waals surface area (Å²) in [4.78, 5) is 48.5. The highest BCUT2D eigenvalue weighted by atomic mass is 16.6. The molecule has 5 rings (SSSR count). The van der Waals surface area contributed by atoms with Crippen LogP contribution < -0.4 is 10.7 Å². The highest BCUT2D eigenvalue weighted by molar-refractivity contribution is 5.94. The van der Waals surface area contributed by atoms with Crippen LogP contribution in [0, 0.1) is 10.1 Å². The lowest BCUT2D eigenvalue weighted by molar-refractivity contribution is -0.383.